The Labute approximate surface area is 179 Å². The summed E-state index contributed by atoms with van der Waals surface area (Å²) in [6.07, 6.45) is 1.97. The Balaban J connectivity index is 1.54. The highest BCUT2D eigenvalue weighted by Crippen LogP contribution is 2.26. The van der Waals surface area contributed by atoms with Crippen molar-refractivity contribution in [2.75, 3.05) is 26.2 Å². The zero-order valence-electron chi connectivity index (χ0n) is 18.0. The molecule has 1 aromatic rings. The van der Waals surface area contributed by atoms with Crippen LogP contribution in [0.1, 0.15) is 57.9 Å². The number of likely N-dealkylation sites (tertiary alicyclic amines) is 1. The molecule has 0 N–H and O–H groups in total. The molecule has 2 saturated heterocycles. The normalized spacial score (nSPS) is 19.8. The van der Waals surface area contributed by atoms with Crippen LogP contribution in [0.25, 0.3) is 0 Å². The number of ether oxygens (including phenoxy) is 1. The maximum absolute atomic E-state index is 12.9. The molecule has 166 valence electrons. The molecular formula is C22H32N2O5S. The van der Waals surface area contributed by atoms with Crippen LogP contribution in [0.2, 0.25) is 0 Å². The third-order valence-electron chi connectivity index (χ3n) is 6.03. The lowest BCUT2D eigenvalue weighted by molar-refractivity contribution is -0.163. The van der Waals surface area contributed by atoms with E-state index in [1.807, 2.05) is 12.1 Å². The number of amides is 1. The van der Waals surface area contributed by atoms with Crippen LogP contribution in [0, 0.1) is 5.92 Å². The molecule has 0 aromatic heterocycles. The Bertz CT molecular complexity index is 852. The molecule has 1 unspecified atom stereocenters. The molecule has 2 fully saturated rings. The summed E-state index contributed by atoms with van der Waals surface area (Å²) in [7, 11) is -3.58. The van der Waals surface area contributed by atoms with E-state index in [9.17, 15) is 18.0 Å². The molecule has 0 radical (unpaired) electrons. The Kier molecular flexibility index (Phi) is 7.18. The van der Waals surface area contributed by atoms with E-state index in [0.717, 1.165) is 31.5 Å². The van der Waals surface area contributed by atoms with Crippen LogP contribution < -0.4 is 0 Å². The van der Waals surface area contributed by atoms with Gasteiger partial charge in [-0.2, -0.15) is 4.31 Å². The van der Waals surface area contributed by atoms with Crippen LogP contribution in [0.4, 0.5) is 0 Å². The van der Waals surface area contributed by atoms with Gasteiger partial charge in [-0.15, -0.1) is 0 Å². The van der Waals surface area contributed by atoms with Gasteiger partial charge in [0.05, 0.1) is 10.8 Å². The maximum atomic E-state index is 12.9. The van der Waals surface area contributed by atoms with Gasteiger partial charge in [0.25, 0.3) is 5.91 Å². The van der Waals surface area contributed by atoms with E-state index in [4.69, 9.17) is 4.74 Å². The Morgan fingerprint density at radius 3 is 2.07 bits per heavy atom. The Morgan fingerprint density at radius 1 is 0.967 bits per heavy atom. The van der Waals surface area contributed by atoms with Crippen molar-refractivity contribution < 1.29 is 22.7 Å². The van der Waals surface area contributed by atoms with Crippen LogP contribution in [0.3, 0.4) is 0 Å². The first-order chi connectivity index (χ1) is 14.2. The van der Waals surface area contributed by atoms with Crippen molar-refractivity contribution in [3.05, 3.63) is 29.8 Å². The number of piperidine rings is 1. The molecule has 2 aliphatic rings. The highest BCUT2D eigenvalue weighted by atomic mass is 32.2. The summed E-state index contributed by atoms with van der Waals surface area (Å²) in [6.45, 7) is 7.70. The third-order valence-corrected chi connectivity index (χ3v) is 7.94. The predicted octanol–water partition coefficient (Wildman–Crippen LogP) is 2.76. The van der Waals surface area contributed by atoms with Crippen molar-refractivity contribution >= 4 is 21.9 Å². The number of hydrogen-bond acceptors (Lipinski definition) is 5. The highest BCUT2D eigenvalue weighted by molar-refractivity contribution is 7.89. The number of esters is 1. The molecule has 8 heteroatoms. The maximum Gasteiger partial charge on any atom is 0.309 e. The Hall–Kier alpha value is -1.93. The lowest BCUT2D eigenvalue weighted by Crippen LogP contribution is -2.43. The number of sulfonamides is 1. The minimum absolute atomic E-state index is 0.147. The molecule has 3 rings (SSSR count). The second kappa shape index (κ2) is 9.47. The average molecular weight is 437 g/mol. The van der Waals surface area contributed by atoms with E-state index >= 15 is 0 Å². The first-order valence-electron chi connectivity index (χ1n) is 10.8. The van der Waals surface area contributed by atoms with Gasteiger partial charge in [0.15, 0.2) is 6.10 Å². The molecule has 7 nitrogen and oxygen atoms in total. The summed E-state index contributed by atoms with van der Waals surface area (Å²) in [5.41, 5.74) is 1.09. The summed E-state index contributed by atoms with van der Waals surface area (Å²) < 4.78 is 32.7. The first kappa shape index (κ1) is 22.7. The summed E-state index contributed by atoms with van der Waals surface area (Å²) in [5.74, 6) is -0.601. The molecule has 0 spiro atoms. The average Bonchev–Trinajstić information content (AvgIpc) is 3.28. The third kappa shape index (κ3) is 5.03. The number of carbonyl (C=O) groups excluding carboxylic acids is 2. The van der Waals surface area contributed by atoms with Gasteiger partial charge in [-0.05, 0) is 56.2 Å². The van der Waals surface area contributed by atoms with Gasteiger partial charge in [0.1, 0.15) is 0 Å². The van der Waals surface area contributed by atoms with E-state index in [0.29, 0.717) is 18.8 Å². The number of nitrogens with zero attached hydrogens (tertiary/aromatic N) is 2. The predicted molar refractivity (Wildman–Crippen MR) is 113 cm³/mol. The van der Waals surface area contributed by atoms with Gasteiger partial charge in [-0.1, -0.05) is 26.0 Å². The summed E-state index contributed by atoms with van der Waals surface area (Å²) in [6, 6.07) is 6.99. The van der Waals surface area contributed by atoms with E-state index in [-0.39, 0.29) is 29.8 Å². The van der Waals surface area contributed by atoms with Gasteiger partial charge < -0.3 is 9.64 Å². The van der Waals surface area contributed by atoms with E-state index in [1.165, 1.54) is 4.31 Å². The summed E-state index contributed by atoms with van der Waals surface area (Å²) in [5, 5.41) is 0. The molecule has 0 aliphatic carbocycles. The van der Waals surface area contributed by atoms with Gasteiger partial charge in [0, 0.05) is 26.2 Å². The SMILES string of the molecule is CC(OC(=O)C1CCN(S(=O)(=O)c2ccc(C(C)C)cc2)CC1)C(=O)N1CCCC1. The molecule has 30 heavy (non-hydrogen) atoms. The zero-order chi connectivity index (χ0) is 21.9. The topological polar surface area (TPSA) is 84.0 Å². The lowest BCUT2D eigenvalue weighted by atomic mass is 9.98. The van der Waals surface area contributed by atoms with Crippen molar-refractivity contribution in [2.24, 2.45) is 5.92 Å². The van der Waals surface area contributed by atoms with Crippen LogP contribution in [-0.4, -0.2) is 61.8 Å². The van der Waals surface area contributed by atoms with Gasteiger partial charge >= 0.3 is 5.97 Å². The fourth-order valence-corrected chi connectivity index (χ4v) is 5.49. The highest BCUT2D eigenvalue weighted by Gasteiger charge is 2.34. The second-order valence-electron chi connectivity index (χ2n) is 8.51. The van der Waals surface area contributed by atoms with Gasteiger partial charge in [-0.25, -0.2) is 8.42 Å². The molecule has 0 bridgehead atoms. The van der Waals surface area contributed by atoms with Crippen LogP contribution in [0.15, 0.2) is 29.2 Å². The molecule has 0 saturated carbocycles. The number of carbonyl (C=O) groups is 2. The fraction of sp³-hybridized carbons (Fsp3) is 0.636. The molecule has 1 atom stereocenters. The molecule has 2 aliphatic heterocycles. The van der Waals surface area contributed by atoms with Crippen LogP contribution in [0.5, 0.6) is 0 Å². The fourth-order valence-electron chi connectivity index (χ4n) is 4.02. The number of rotatable bonds is 6. The second-order valence-corrected chi connectivity index (χ2v) is 10.5. The largest absolute Gasteiger partial charge is 0.452 e. The van der Waals surface area contributed by atoms with Crippen molar-refractivity contribution in [2.45, 2.75) is 63.4 Å². The number of benzene rings is 1. The van der Waals surface area contributed by atoms with Gasteiger partial charge in [0.2, 0.25) is 10.0 Å². The van der Waals surface area contributed by atoms with Crippen molar-refractivity contribution in [3.8, 4) is 0 Å². The Morgan fingerprint density at radius 2 is 1.53 bits per heavy atom. The quantitative estimate of drug-likeness (QED) is 0.640. The summed E-state index contributed by atoms with van der Waals surface area (Å²) >= 11 is 0. The molecule has 1 aromatic carbocycles. The van der Waals surface area contributed by atoms with Crippen molar-refractivity contribution in [1.82, 2.24) is 9.21 Å². The van der Waals surface area contributed by atoms with Crippen LogP contribution in [-0.2, 0) is 24.3 Å². The van der Waals surface area contributed by atoms with E-state index in [1.54, 1.807) is 24.0 Å². The molecule has 2 heterocycles. The first-order valence-corrected chi connectivity index (χ1v) is 12.2. The summed E-state index contributed by atoms with van der Waals surface area (Å²) in [4.78, 5) is 26.8. The molecular weight excluding hydrogens is 404 g/mol. The van der Waals surface area contributed by atoms with Crippen molar-refractivity contribution in [3.63, 3.8) is 0 Å². The zero-order valence-corrected chi connectivity index (χ0v) is 18.9. The van der Waals surface area contributed by atoms with E-state index < -0.39 is 22.1 Å². The van der Waals surface area contributed by atoms with Gasteiger partial charge in [-0.3, -0.25) is 9.59 Å². The monoisotopic (exact) mass is 436 g/mol. The lowest BCUT2D eigenvalue weighted by Gasteiger charge is -2.31. The number of hydrogen-bond donors (Lipinski definition) is 0. The van der Waals surface area contributed by atoms with Crippen molar-refractivity contribution in [1.29, 1.82) is 0 Å². The molecule has 1 amide bonds. The standard InChI is InChI=1S/C22H32N2O5S/c1-16(2)18-6-8-20(9-7-18)30(27,28)24-14-10-19(11-15-24)22(26)29-17(3)21(25)23-12-4-5-13-23/h6-9,16-17,19H,4-5,10-15H2,1-3H3. The smallest absolute Gasteiger partial charge is 0.309 e. The minimum atomic E-state index is -3.58. The minimum Gasteiger partial charge on any atom is -0.452 e. The van der Waals surface area contributed by atoms with Crippen LogP contribution >= 0.6 is 0 Å². The van der Waals surface area contributed by atoms with E-state index in [2.05, 4.69) is 13.8 Å².